The Morgan fingerprint density at radius 3 is 2.62 bits per heavy atom. The van der Waals surface area contributed by atoms with E-state index in [2.05, 4.69) is 5.32 Å². The highest BCUT2D eigenvalue weighted by molar-refractivity contribution is 8.26. The summed E-state index contributed by atoms with van der Waals surface area (Å²) in [5.41, 5.74) is 0.837. The molecule has 1 heterocycles. The molecule has 0 aliphatic carbocycles. The second kappa shape index (κ2) is 11.0. The highest BCUT2D eigenvalue weighted by atomic mass is 32.2. The lowest BCUT2D eigenvalue weighted by atomic mass is 10.1. The molecule has 0 bridgehead atoms. The van der Waals surface area contributed by atoms with Crippen LogP contribution in [0.15, 0.2) is 29.2 Å². The van der Waals surface area contributed by atoms with Gasteiger partial charge in [-0.2, -0.15) is 0 Å². The van der Waals surface area contributed by atoms with Crippen molar-refractivity contribution in [1.29, 1.82) is 0 Å². The smallest absolute Gasteiger partial charge is 0.326 e. The molecule has 156 valence electrons. The van der Waals surface area contributed by atoms with Gasteiger partial charge in [-0.3, -0.25) is 14.5 Å². The van der Waals surface area contributed by atoms with E-state index in [1.54, 1.807) is 25.3 Å². The fourth-order valence-corrected chi connectivity index (χ4v) is 4.00. The van der Waals surface area contributed by atoms with Crippen LogP contribution in [-0.4, -0.2) is 51.8 Å². The van der Waals surface area contributed by atoms with Gasteiger partial charge in [-0.25, -0.2) is 4.79 Å². The van der Waals surface area contributed by atoms with E-state index < -0.39 is 17.9 Å². The van der Waals surface area contributed by atoms with Gasteiger partial charge in [0.1, 0.15) is 16.1 Å². The van der Waals surface area contributed by atoms with Crippen molar-refractivity contribution in [3.05, 3.63) is 34.7 Å². The normalized spacial score (nSPS) is 16.2. The van der Waals surface area contributed by atoms with Crippen molar-refractivity contribution in [3.63, 3.8) is 0 Å². The van der Waals surface area contributed by atoms with Crippen LogP contribution in [-0.2, 0) is 14.4 Å². The van der Waals surface area contributed by atoms with E-state index in [1.165, 1.54) is 16.7 Å². The van der Waals surface area contributed by atoms with E-state index in [4.69, 9.17) is 17.0 Å². The Bertz CT molecular complexity index is 808. The van der Waals surface area contributed by atoms with Gasteiger partial charge in [0.05, 0.1) is 12.0 Å². The second-order valence-corrected chi connectivity index (χ2v) is 8.13. The van der Waals surface area contributed by atoms with Crippen molar-refractivity contribution >= 4 is 52.2 Å². The third kappa shape index (κ3) is 6.57. The molecule has 0 saturated carbocycles. The maximum atomic E-state index is 12.6. The Labute approximate surface area is 179 Å². The summed E-state index contributed by atoms with van der Waals surface area (Å²) >= 11 is 6.45. The zero-order chi connectivity index (χ0) is 21.4. The number of hydrogen-bond donors (Lipinski definition) is 2. The standard InChI is InChI=1S/C20H24N2O5S2/c1-3-4-5-15(19(25)26)21-17(23)10-11-22-18(24)16(29-20(22)28)12-13-6-8-14(27-2)9-7-13/h6-9,12,15H,3-5,10-11H2,1-2H3,(H,21,23)(H,25,26)/b16-12+. The van der Waals surface area contributed by atoms with Crippen LogP contribution >= 0.6 is 24.0 Å². The molecule has 0 aromatic heterocycles. The molecule has 1 fully saturated rings. The number of carboxylic acid groups (broad SMARTS) is 1. The SMILES string of the molecule is CCCCC(NC(=O)CCN1C(=O)/C(=C\c2ccc(OC)cc2)SC1=S)C(=O)O. The molecular weight excluding hydrogens is 412 g/mol. The molecule has 1 aromatic carbocycles. The molecule has 2 N–H and O–H groups in total. The van der Waals surface area contributed by atoms with E-state index in [-0.39, 0.29) is 18.9 Å². The van der Waals surface area contributed by atoms with Gasteiger partial charge < -0.3 is 15.2 Å². The molecule has 29 heavy (non-hydrogen) atoms. The molecule has 1 unspecified atom stereocenters. The molecule has 1 aromatic rings. The molecule has 7 nitrogen and oxygen atoms in total. The lowest BCUT2D eigenvalue weighted by Crippen LogP contribution is -2.42. The first-order valence-electron chi connectivity index (χ1n) is 9.27. The molecule has 1 aliphatic rings. The average Bonchev–Trinajstić information content (AvgIpc) is 2.96. The zero-order valence-electron chi connectivity index (χ0n) is 16.3. The zero-order valence-corrected chi connectivity index (χ0v) is 18.0. The second-order valence-electron chi connectivity index (χ2n) is 6.46. The minimum Gasteiger partial charge on any atom is -0.497 e. The fourth-order valence-electron chi connectivity index (χ4n) is 2.69. The number of carboxylic acids is 1. The number of amides is 2. The van der Waals surface area contributed by atoms with E-state index in [0.717, 1.165) is 17.7 Å². The van der Waals surface area contributed by atoms with Gasteiger partial charge in [0.15, 0.2) is 0 Å². The number of nitrogens with one attached hydrogen (secondary N) is 1. The van der Waals surface area contributed by atoms with E-state index in [9.17, 15) is 19.5 Å². The number of carbonyl (C=O) groups is 3. The monoisotopic (exact) mass is 436 g/mol. The number of benzene rings is 1. The number of nitrogens with zero attached hydrogens (tertiary/aromatic N) is 1. The van der Waals surface area contributed by atoms with E-state index in [0.29, 0.717) is 22.1 Å². The third-order valence-corrected chi connectivity index (χ3v) is 5.71. The number of ether oxygens (including phenoxy) is 1. The maximum absolute atomic E-state index is 12.6. The first-order chi connectivity index (χ1) is 13.8. The number of thiocarbonyl (C=S) groups is 1. The summed E-state index contributed by atoms with van der Waals surface area (Å²) in [6.07, 6.45) is 3.66. The number of unbranched alkanes of at least 4 members (excludes halogenated alkanes) is 1. The van der Waals surface area contributed by atoms with Gasteiger partial charge in [0.2, 0.25) is 5.91 Å². The summed E-state index contributed by atoms with van der Waals surface area (Å²) in [7, 11) is 1.58. The molecule has 9 heteroatoms. The Balaban J connectivity index is 1.94. The van der Waals surface area contributed by atoms with Crippen LogP contribution in [0.1, 0.15) is 38.2 Å². The first kappa shape index (κ1) is 22.9. The van der Waals surface area contributed by atoms with Crippen LogP contribution in [0.4, 0.5) is 0 Å². The molecule has 0 spiro atoms. The van der Waals surface area contributed by atoms with Crippen molar-refractivity contribution < 1.29 is 24.2 Å². The Hall–Kier alpha value is -2.39. The van der Waals surface area contributed by atoms with Crippen molar-refractivity contribution in [2.24, 2.45) is 0 Å². The van der Waals surface area contributed by atoms with Crippen molar-refractivity contribution in [2.75, 3.05) is 13.7 Å². The Kier molecular flexibility index (Phi) is 8.66. The molecule has 1 atom stereocenters. The van der Waals surface area contributed by atoms with Crippen LogP contribution in [0.2, 0.25) is 0 Å². The number of rotatable bonds is 10. The van der Waals surface area contributed by atoms with Crippen LogP contribution in [0, 0.1) is 0 Å². The predicted octanol–water partition coefficient (Wildman–Crippen LogP) is 3.05. The largest absolute Gasteiger partial charge is 0.497 e. The van der Waals surface area contributed by atoms with Gasteiger partial charge in [0.25, 0.3) is 5.91 Å². The molecule has 1 saturated heterocycles. The topological polar surface area (TPSA) is 95.9 Å². The van der Waals surface area contributed by atoms with E-state index in [1.807, 2.05) is 19.1 Å². The number of methoxy groups -OCH3 is 1. The van der Waals surface area contributed by atoms with Crippen molar-refractivity contribution in [2.45, 2.75) is 38.6 Å². The quantitative estimate of drug-likeness (QED) is 0.430. The lowest BCUT2D eigenvalue weighted by Gasteiger charge is -2.17. The summed E-state index contributed by atoms with van der Waals surface area (Å²) in [6, 6.07) is 6.36. The van der Waals surface area contributed by atoms with Crippen molar-refractivity contribution in [1.82, 2.24) is 10.2 Å². The average molecular weight is 437 g/mol. The number of thioether (sulfide) groups is 1. The Morgan fingerprint density at radius 1 is 1.34 bits per heavy atom. The molecule has 1 aliphatic heterocycles. The number of carbonyl (C=O) groups excluding carboxylic acids is 2. The van der Waals surface area contributed by atoms with Gasteiger partial charge in [-0.15, -0.1) is 0 Å². The molecule has 2 rings (SSSR count). The van der Waals surface area contributed by atoms with Crippen molar-refractivity contribution in [3.8, 4) is 5.75 Å². The summed E-state index contributed by atoms with van der Waals surface area (Å²) in [5, 5.41) is 11.7. The lowest BCUT2D eigenvalue weighted by molar-refractivity contribution is -0.142. The third-order valence-electron chi connectivity index (χ3n) is 4.33. The van der Waals surface area contributed by atoms with E-state index >= 15 is 0 Å². The van der Waals surface area contributed by atoms with Gasteiger partial charge >= 0.3 is 5.97 Å². The summed E-state index contributed by atoms with van der Waals surface area (Å²) in [6.45, 7) is 2.06. The minimum absolute atomic E-state index is 0.0157. The van der Waals surface area contributed by atoms with Gasteiger partial charge in [0, 0.05) is 13.0 Å². The van der Waals surface area contributed by atoms with Gasteiger partial charge in [-0.05, 0) is 30.2 Å². The predicted molar refractivity (Wildman–Crippen MR) is 117 cm³/mol. The van der Waals surface area contributed by atoms with Crippen LogP contribution < -0.4 is 10.1 Å². The molecular formula is C20H24N2O5S2. The Morgan fingerprint density at radius 2 is 2.03 bits per heavy atom. The number of hydrogen-bond acceptors (Lipinski definition) is 6. The molecule has 0 radical (unpaired) electrons. The minimum atomic E-state index is -1.06. The highest BCUT2D eigenvalue weighted by Crippen LogP contribution is 2.32. The highest BCUT2D eigenvalue weighted by Gasteiger charge is 2.32. The maximum Gasteiger partial charge on any atom is 0.326 e. The summed E-state index contributed by atoms with van der Waals surface area (Å²) < 4.78 is 5.49. The fraction of sp³-hybridized carbons (Fsp3) is 0.400. The van der Waals surface area contributed by atoms with Crippen LogP contribution in [0.5, 0.6) is 5.75 Å². The summed E-state index contributed by atoms with van der Waals surface area (Å²) in [4.78, 5) is 37.9. The van der Waals surface area contributed by atoms with Crippen LogP contribution in [0.3, 0.4) is 0 Å². The van der Waals surface area contributed by atoms with Gasteiger partial charge in [-0.1, -0.05) is 55.9 Å². The summed E-state index contributed by atoms with van der Waals surface area (Å²) in [5.74, 6) is -1.01. The number of aliphatic carboxylic acids is 1. The van der Waals surface area contributed by atoms with Crippen LogP contribution in [0.25, 0.3) is 6.08 Å². The molecule has 2 amide bonds. The first-order valence-corrected chi connectivity index (χ1v) is 10.5.